The van der Waals surface area contributed by atoms with Crippen molar-refractivity contribution in [2.45, 2.75) is 64.1 Å². The van der Waals surface area contributed by atoms with Crippen LogP contribution in [-0.4, -0.2) is 39.0 Å². The molecule has 1 atom stereocenters. The van der Waals surface area contributed by atoms with Crippen LogP contribution in [0, 0.1) is 6.92 Å². The average molecular weight is 290 g/mol. The summed E-state index contributed by atoms with van der Waals surface area (Å²) < 4.78 is 0. The fourth-order valence-electron chi connectivity index (χ4n) is 3.32. The molecule has 1 saturated carbocycles. The molecule has 1 unspecified atom stereocenters. The van der Waals surface area contributed by atoms with E-state index in [0.29, 0.717) is 6.54 Å². The molecule has 2 amide bonds. The molecule has 1 aliphatic carbocycles. The van der Waals surface area contributed by atoms with E-state index in [9.17, 15) is 9.59 Å². The summed E-state index contributed by atoms with van der Waals surface area (Å²) in [7, 11) is 0. The smallest absolute Gasteiger partial charge is 0.247 e. The molecule has 0 radical (unpaired) electrons. The molecular weight excluding hydrogens is 268 g/mol. The predicted molar refractivity (Wildman–Crippen MR) is 77.3 cm³/mol. The number of carbonyl (C=O) groups is 2. The summed E-state index contributed by atoms with van der Waals surface area (Å²) in [5, 5.41) is 10.0. The first-order valence-corrected chi connectivity index (χ1v) is 7.75. The molecule has 6 heteroatoms. The van der Waals surface area contributed by atoms with Crippen LogP contribution in [0.3, 0.4) is 0 Å². The Labute approximate surface area is 124 Å². The summed E-state index contributed by atoms with van der Waals surface area (Å²) in [6.45, 7) is 2.50. The van der Waals surface area contributed by atoms with E-state index in [1.807, 2.05) is 6.92 Å². The molecule has 2 fully saturated rings. The van der Waals surface area contributed by atoms with E-state index < -0.39 is 0 Å². The van der Waals surface area contributed by atoms with Gasteiger partial charge in [0.2, 0.25) is 11.8 Å². The van der Waals surface area contributed by atoms with Crippen molar-refractivity contribution in [3.63, 3.8) is 0 Å². The lowest BCUT2D eigenvalue weighted by atomic mass is 9.94. The Balaban J connectivity index is 1.61. The van der Waals surface area contributed by atoms with Gasteiger partial charge in [0.05, 0.1) is 18.7 Å². The maximum absolute atomic E-state index is 12.5. The van der Waals surface area contributed by atoms with E-state index in [0.717, 1.165) is 36.9 Å². The standard InChI is InChI=1S/C15H22N4O2/c1-10-11(9-17-18-10)8-16-13-7-14(20)19(15(13)21)12-5-3-2-4-6-12/h9,12-13,16H,2-8H2,1H3,(H,17,18). The van der Waals surface area contributed by atoms with Crippen LogP contribution in [-0.2, 0) is 16.1 Å². The number of carbonyl (C=O) groups excluding carboxylic acids is 2. The van der Waals surface area contributed by atoms with E-state index in [1.165, 1.54) is 11.3 Å². The molecule has 1 aromatic heterocycles. The van der Waals surface area contributed by atoms with E-state index in [1.54, 1.807) is 6.20 Å². The Bertz CT molecular complexity index is 534. The van der Waals surface area contributed by atoms with Crippen molar-refractivity contribution in [1.82, 2.24) is 20.4 Å². The maximum Gasteiger partial charge on any atom is 0.247 e. The van der Waals surface area contributed by atoms with Gasteiger partial charge < -0.3 is 5.32 Å². The number of likely N-dealkylation sites (tertiary alicyclic amines) is 1. The summed E-state index contributed by atoms with van der Waals surface area (Å²) in [4.78, 5) is 26.2. The highest BCUT2D eigenvalue weighted by atomic mass is 16.2. The van der Waals surface area contributed by atoms with Crippen molar-refractivity contribution < 1.29 is 9.59 Å². The maximum atomic E-state index is 12.5. The number of hydrogen-bond donors (Lipinski definition) is 2. The van der Waals surface area contributed by atoms with E-state index in [2.05, 4.69) is 15.5 Å². The molecule has 2 N–H and O–H groups in total. The summed E-state index contributed by atoms with van der Waals surface area (Å²) in [6.07, 6.45) is 7.42. The molecule has 3 rings (SSSR count). The number of aryl methyl sites for hydroxylation is 1. The van der Waals surface area contributed by atoms with Gasteiger partial charge in [0.1, 0.15) is 0 Å². The molecule has 1 aromatic rings. The van der Waals surface area contributed by atoms with Gasteiger partial charge in [0.25, 0.3) is 0 Å². The van der Waals surface area contributed by atoms with Crippen LogP contribution in [0.4, 0.5) is 0 Å². The predicted octanol–water partition coefficient (Wildman–Crippen LogP) is 1.27. The molecule has 2 heterocycles. The number of nitrogens with zero attached hydrogens (tertiary/aromatic N) is 2. The Morgan fingerprint density at radius 2 is 2.10 bits per heavy atom. The summed E-state index contributed by atoms with van der Waals surface area (Å²) in [5.41, 5.74) is 2.02. The van der Waals surface area contributed by atoms with E-state index >= 15 is 0 Å². The number of aromatic amines is 1. The molecule has 0 spiro atoms. The van der Waals surface area contributed by atoms with Crippen LogP contribution in [0.5, 0.6) is 0 Å². The second-order valence-corrected chi connectivity index (χ2v) is 6.05. The molecule has 0 bridgehead atoms. The number of amides is 2. The lowest BCUT2D eigenvalue weighted by Gasteiger charge is -2.29. The molecule has 6 nitrogen and oxygen atoms in total. The van der Waals surface area contributed by atoms with Gasteiger partial charge in [-0.1, -0.05) is 19.3 Å². The van der Waals surface area contributed by atoms with Crippen molar-refractivity contribution in [2.24, 2.45) is 0 Å². The van der Waals surface area contributed by atoms with Gasteiger partial charge in [-0.25, -0.2) is 0 Å². The summed E-state index contributed by atoms with van der Waals surface area (Å²) in [6, 6.07) is -0.255. The normalized spacial score (nSPS) is 24.0. The van der Waals surface area contributed by atoms with Crippen LogP contribution < -0.4 is 5.32 Å². The van der Waals surface area contributed by atoms with Crippen molar-refractivity contribution >= 4 is 11.8 Å². The van der Waals surface area contributed by atoms with Gasteiger partial charge >= 0.3 is 0 Å². The minimum atomic E-state index is -0.381. The zero-order chi connectivity index (χ0) is 14.8. The lowest BCUT2D eigenvalue weighted by Crippen LogP contribution is -2.44. The van der Waals surface area contributed by atoms with Crippen LogP contribution in [0.15, 0.2) is 6.20 Å². The molecule has 114 valence electrons. The Kier molecular flexibility index (Phi) is 4.05. The van der Waals surface area contributed by atoms with Gasteiger partial charge in [-0.15, -0.1) is 0 Å². The second kappa shape index (κ2) is 5.97. The van der Waals surface area contributed by atoms with E-state index in [-0.39, 0.29) is 30.3 Å². The number of aromatic nitrogens is 2. The minimum absolute atomic E-state index is 0.0201. The fourth-order valence-corrected chi connectivity index (χ4v) is 3.32. The molecule has 1 saturated heterocycles. The molecular formula is C15H22N4O2. The Morgan fingerprint density at radius 1 is 1.33 bits per heavy atom. The topological polar surface area (TPSA) is 78.1 Å². The summed E-state index contributed by atoms with van der Waals surface area (Å²) in [5.74, 6) is -0.0682. The lowest BCUT2D eigenvalue weighted by molar-refractivity contribution is -0.142. The Morgan fingerprint density at radius 3 is 2.76 bits per heavy atom. The van der Waals surface area contributed by atoms with Crippen molar-refractivity contribution in [3.05, 3.63) is 17.5 Å². The molecule has 2 aliphatic rings. The number of imide groups is 1. The number of H-pyrrole nitrogens is 1. The third-order valence-electron chi connectivity index (χ3n) is 4.60. The largest absolute Gasteiger partial charge is 0.301 e. The van der Waals surface area contributed by atoms with Crippen molar-refractivity contribution in [2.75, 3.05) is 0 Å². The van der Waals surface area contributed by atoms with Gasteiger partial charge in [-0.2, -0.15) is 5.10 Å². The van der Waals surface area contributed by atoms with Crippen LogP contribution in [0.25, 0.3) is 0 Å². The third kappa shape index (κ3) is 2.85. The number of nitrogens with one attached hydrogen (secondary N) is 2. The van der Waals surface area contributed by atoms with Crippen molar-refractivity contribution in [1.29, 1.82) is 0 Å². The zero-order valence-electron chi connectivity index (χ0n) is 12.4. The summed E-state index contributed by atoms with van der Waals surface area (Å²) >= 11 is 0. The number of rotatable bonds is 4. The number of hydrogen-bond acceptors (Lipinski definition) is 4. The highest BCUT2D eigenvalue weighted by Gasteiger charge is 2.42. The monoisotopic (exact) mass is 290 g/mol. The molecule has 21 heavy (non-hydrogen) atoms. The zero-order valence-corrected chi connectivity index (χ0v) is 12.4. The van der Waals surface area contributed by atoms with Crippen LogP contribution in [0.2, 0.25) is 0 Å². The Hall–Kier alpha value is -1.69. The first-order chi connectivity index (χ1) is 10.2. The van der Waals surface area contributed by atoms with E-state index in [4.69, 9.17) is 0 Å². The fraction of sp³-hybridized carbons (Fsp3) is 0.667. The van der Waals surface area contributed by atoms with Gasteiger partial charge in [0, 0.05) is 23.8 Å². The molecule has 1 aliphatic heterocycles. The quantitative estimate of drug-likeness (QED) is 0.819. The first-order valence-electron chi connectivity index (χ1n) is 7.75. The minimum Gasteiger partial charge on any atom is -0.301 e. The van der Waals surface area contributed by atoms with Crippen LogP contribution in [0.1, 0.15) is 49.8 Å². The van der Waals surface area contributed by atoms with Gasteiger partial charge in [-0.05, 0) is 19.8 Å². The van der Waals surface area contributed by atoms with Crippen molar-refractivity contribution in [3.8, 4) is 0 Å². The highest BCUT2D eigenvalue weighted by Crippen LogP contribution is 2.27. The second-order valence-electron chi connectivity index (χ2n) is 6.05. The van der Waals surface area contributed by atoms with Gasteiger partial charge in [-0.3, -0.25) is 19.6 Å². The third-order valence-corrected chi connectivity index (χ3v) is 4.60. The van der Waals surface area contributed by atoms with Gasteiger partial charge in [0.15, 0.2) is 0 Å². The highest BCUT2D eigenvalue weighted by molar-refractivity contribution is 6.05. The molecule has 0 aromatic carbocycles. The SMILES string of the molecule is Cc1[nH]ncc1CNC1CC(=O)N(C2CCCCC2)C1=O. The average Bonchev–Trinajstić information content (AvgIpc) is 3.01. The van der Waals surface area contributed by atoms with Crippen LogP contribution >= 0.6 is 0 Å². The first kappa shape index (κ1) is 14.3.